The molecule has 2 atom stereocenters. The van der Waals surface area contributed by atoms with Crippen molar-refractivity contribution < 1.29 is 33.4 Å². The summed E-state index contributed by atoms with van der Waals surface area (Å²) in [6.07, 6.45) is -0.123. The van der Waals surface area contributed by atoms with Gasteiger partial charge in [-0.05, 0) is 12.0 Å². The second-order valence-corrected chi connectivity index (χ2v) is 5.19. The number of aliphatic carboxylic acids is 2. The molecule has 0 radical (unpaired) electrons. The Labute approximate surface area is 122 Å². The molecule has 1 aromatic carbocycles. The van der Waals surface area contributed by atoms with Crippen LogP contribution in [0.1, 0.15) is 5.56 Å². The number of carboxylic acid groups (broad SMARTS) is 2. The van der Waals surface area contributed by atoms with Gasteiger partial charge in [-0.25, -0.2) is 13.8 Å². The molecule has 0 aromatic heterocycles. The monoisotopic (exact) mass is 315 g/mol. The largest absolute Gasteiger partial charge is 0.479 e. The molecular weight excluding hydrogens is 302 g/mol. The fourth-order valence-corrected chi connectivity index (χ4v) is 2.13. The van der Waals surface area contributed by atoms with Gasteiger partial charge in [0.1, 0.15) is 5.25 Å². The van der Waals surface area contributed by atoms with Gasteiger partial charge in [0.15, 0.2) is 11.1 Å². The fraction of sp³-hybridized carbons (Fsp3) is 0.250. The average molecular weight is 315 g/mol. The quantitative estimate of drug-likeness (QED) is 0.391. The van der Waals surface area contributed by atoms with E-state index < -0.39 is 40.2 Å². The molecule has 0 saturated carbocycles. The van der Waals surface area contributed by atoms with Gasteiger partial charge < -0.3 is 20.1 Å². The highest BCUT2D eigenvalue weighted by Crippen LogP contribution is 2.08. The first kappa shape index (κ1) is 16.8. The van der Waals surface area contributed by atoms with Crippen molar-refractivity contribution >= 4 is 28.9 Å². The van der Waals surface area contributed by atoms with E-state index in [9.17, 15) is 18.6 Å². The van der Waals surface area contributed by atoms with Crippen LogP contribution in [0.25, 0.3) is 0 Å². The van der Waals surface area contributed by atoms with E-state index in [0.29, 0.717) is 5.56 Å². The van der Waals surface area contributed by atoms with E-state index in [-0.39, 0.29) is 6.42 Å². The Morgan fingerprint density at radius 2 is 1.62 bits per heavy atom. The number of carbonyl (C=O) groups excluding carboxylic acids is 1. The summed E-state index contributed by atoms with van der Waals surface area (Å²) in [6, 6.07) is 6.14. The summed E-state index contributed by atoms with van der Waals surface area (Å²) in [6.45, 7) is 0. The molecule has 0 bridgehead atoms. The zero-order chi connectivity index (χ0) is 16.0. The molecule has 0 aliphatic rings. The number of rotatable bonds is 7. The third-order valence-corrected chi connectivity index (χ3v) is 3.45. The molecule has 21 heavy (non-hydrogen) atoms. The fourth-order valence-electron chi connectivity index (χ4n) is 1.55. The Balaban J connectivity index is 2.86. The minimum Gasteiger partial charge on any atom is -0.479 e. The number of carbonyl (C=O) groups is 3. The number of benzene rings is 1. The summed E-state index contributed by atoms with van der Waals surface area (Å²) in [5, 5.41) is 17.6. The maximum atomic E-state index is 11.8. The van der Waals surface area contributed by atoms with Crippen LogP contribution < -0.4 is 5.32 Å². The molecule has 0 heterocycles. The van der Waals surface area contributed by atoms with Crippen LogP contribution in [0.15, 0.2) is 30.3 Å². The normalized spacial score (nSPS) is 13.4. The molecule has 1 rings (SSSR count). The lowest BCUT2D eigenvalue weighted by Crippen LogP contribution is -2.51. The molecule has 0 saturated heterocycles. The predicted octanol–water partition coefficient (Wildman–Crippen LogP) is -0.527. The number of amides is 1. The van der Waals surface area contributed by atoms with E-state index in [1.807, 2.05) is 0 Å². The van der Waals surface area contributed by atoms with E-state index in [2.05, 4.69) is 0 Å². The number of carboxylic acids is 2. The van der Waals surface area contributed by atoms with Gasteiger partial charge in [-0.1, -0.05) is 30.3 Å². The van der Waals surface area contributed by atoms with Crippen molar-refractivity contribution in [2.24, 2.45) is 0 Å². The summed E-state index contributed by atoms with van der Waals surface area (Å²) in [5.74, 6) is -4.65. The second-order valence-electron chi connectivity index (χ2n) is 4.07. The Hall–Kier alpha value is -2.26. The van der Waals surface area contributed by atoms with Gasteiger partial charge in [-0.2, -0.15) is 0 Å². The van der Waals surface area contributed by atoms with Crippen molar-refractivity contribution in [1.29, 1.82) is 0 Å². The van der Waals surface area contributed by atoms with Crippen LogP contribution in [0.4, 0.5) is 0 Å². The van der Waals surface area contributed by atoms with Crippen molar-refractivity contribution in [1.82, 2.24) is 5.32 Å². The summed E-state index contributed by atoms with van der Waals surface area (Å²) < 4.78 is 20.4. The molecule has 0 aliphatic heterocycles. The maximum absolute atomic E-state index is 11.8. The molecular formula is C12H13NO7S. The number of hydrogen-bond acceptors (Lipinski definition) is 4. The summed E-state index contributed by atoms with van der Waals surface area (Å²) in [5.41, 5.74) is 0.585. The van der Waals surface area contributed by atoms with Gasteiger partial charge in [0, 0.05) is 0 Å². The van der Waals surface area contributed by atoms with Gasteiger partial charge in [0.05, 0.1) is 0 Å². The predicted molar refractivity (Wildman–Crippen MR) is 71.9 cm³/mol. The average Bonchev–Trinajstić information content (AvgIpc) is 2.42. The molecule has 1 amide bonds. The van der Waals surface area contributed by atoms with Crippen LogP contribution in [0.2, 0.25) is 0 Å². The van der Waals surface area contributed by atoms with Crippen molar-refractivity contribution in [3.05, 3.63) is 35.9 Å². The highest BCUT2D eigenvalue weighted by molar-refractivity contribution is 7.80. The molecule has 8 nitrogen and oxygen atoms in total. The number of nitrogens with one attached hydrogen (secondary N) is 1. The van der Waals surface area contributed by atoms with E-state index in [4.69, 9.17) is 14.8 Å². The Morgan fingerprint density at radius 1 is 1.10 bits per heavy atom. The van der Waals surface area contributed by atoms with Crippen LogP contribution in [-0.4, -0.2) is 48.1 Å². The molecule has 4 N–H and O–H groups in total. The molecule has 1 aromatic rings. The lowest BCUT2D eigenvalue weighted by molar-refractivity contribution is -0.153. The zero-order valence-electron chi connectivity index (χ0n) is 10.6. The smallest absolute Gasteiger partial charge is 0.338 e. The topological polar surface area (TPSA) is 141 Å². The first-order valence-corrected chi connectivity index (χ1v) is 6.89. The lowest BCUT2D eigenvalue weighted by Gasteiger charge is -2.15. The van der Waals surface area contributed by atoms with Crippen LogP contribution in [0.3, 0.4) is 0 Å². The third-order valence-electron chi connectivity index (χ3n) is 2.58. The minimum atomic E-state index is -2.57. The highest BCUT2D eigenvalue weighted by Gasteiger charge is 2.33. The summed E-state index contributed by atoms with van der Waals surface area (Å²) in [7, 11) is 0. The Kier molecular flexibility index (Phi) is 6.00. The molecule has 2 unspecified atom stereocenters. The van der Waals surface area contributed by atoms with Crippen LogP contribution >= 0.6 is 0 Å². The van der Waals surface area contributed by atoms with Gasteiger partial charge in [-0.3, -0.25) is 4.79 Å². The van der Waals surface area contributed by atoms with Gasteiger partial charge >= 0.3 is 11.9 Å². The molecule has 0 spiro atoms. The van der Waals surface area contributed by atoms with E-state index >= 15 is 0 Å². The van der Waals surface area contributed by atoms with Crippen LogP contribution in [-0.2, 0) is 31.9 Å². The van der Waals surface area contributed by atoms with Gasteiger partial charge in [0.25, 0.3) is 0 Å². The Bertz CT molecular complexity index is 546. The third kappa shape index (κ3) is 4.97. The maximum Gasteiger partial charge on any atom is 0.338 e. The standard InChI is InChI=1S/C12H13NO7S/c14-10(13-9(11(15)16)12(17)18)8(21(19)20)6-7-4-2-1-3-5-7/h1-5,8-9H,6H2,(H,13,14)(H,15,16)(H,17,18)(H,19,20). The van der Waals surface area contributed by atoms with E-state index in [0.717, 1.165) is 0 Å². The highest BCUT2D eigenvalue weighted by atomic mass is 32.2. The van der Waals surface area contributed by atoms with Gasteiger partial charge in [-0.15, -0.1) is 0 Å². The van der Waals surface area contributed by atoms with Crippen molar-refractivity contribution in [2.45, 2.75) is 17.7 Å². The van der Waals surface area contributed by atoms with E-state index in [1.165, 1.54) is 0 Å². The van der Waals surface area contributed by atoms with Crippen LogP contribution in [0.5, 0.6) is 0 Å². The van der Waals surface area contributed by atoms with Crippen molar-refractivity contribution in [3.8, 4) is 0 Å². The molecule has 0 fully saturated rings. The zero-order valence-corrected chi connectivity index (χ0v) is 11.4. The minimum absolute atomic E-state index is 0.123. The molecule has 0 aliphatic carbocycles. The first-order valence-electron chi connectivity index (χ1n) is 5.72. The second kappa shape index (κ2) is 7.50. The molecule has 114 valence electrons. The van der Waals surface area contributed by atoms with Crippen molar-refractivity contribution in [2.75, 3.05) is 0 Å². The summed E-state index contributed by atoms with van der Waals surface area (Å²) in [4.78, 5) is 33.2. The molecule has 9 heteroatoms. The van der Waals surface area contributed by atoms with Gasteiger partial charge in [0.2, 0.25) is 11.9 Å². The summed E-state index contributed by atoms with van der Waals surface area (Å²) >= 11 is -2.57. The van der Waals surface area contributed by atoms with Crippen molar-refractivity contribution in [3.63, 3.8) is 0 Å². The van der Waals surface area contributed by atoms with Crippen LogP contribution in [0, 0.1) is 0 Å². The Morgan fingerprint density at radius 3 is 2.05 bits per heavy atom. The SMILES string of the molecule is O=C(O)C(NC(=O)C(Cc1ccccc1)S(=O)O)C(=O)O. The first-order chi connectivity index (χ1) is 9.82. The van der Waals surface area contributed by atoms with E-state index in [1.54, 1.807) is 35.6 Å². The lowest BCUT2D eigenvalue weighted by atomic mass is 10.1. The number of hydrogen-bond donors (Lipinski definition) is 4.